The third-order valence-corrected chi connectivity index (χ3v) is 3.40. The van der Waals surface area contributed by atoms with Crippen LogP contribution in [0.1, 0.15) is 18.1 Å². The molecule has 0 amide bonds. The summed E-state index contributed by atoms with van der Waals surface area (Å²) in [5.74, 6) is 0. The summed E-state index contributed by atoms with van der Waals surface area (Å²) in [4.78, 5) is 0. The van der Waals surface area contributed by atoms with Crippen molar-refractivity contribution in [1.82, 2.24) is 0 Å². The third kappa shape index (κ3) is 1.32. The van der Waals surface area contributed by atoms with Crippen molar-refractivity contribution in [3.63, 3.8) is 0 Å². The number of hydrogen-bond donors (Lipinski definition) is 1. The lowest BCUT2D eigenvalue weighted by Gasteiger charge is -2.08. The van der Waals surface area contributed by atoms with E-state index in [9.17, 15) is 0 Å². The summed E-state index contributed by atoms with van der Waals surface area (Å²) in [5.41, 5.74) is 7.88. The molecule has 17 heavy (non-hydrogen) atoms. The van der Waals surface area contributed by atoms with E-state index in [0.29, 0.717) is 0 Å². The minimum Gasteiger partial charge on any atom is -0.388 e. The summed E-state index contributed by atoms with van der Waals surface area (Å²) in [5, 5.41) is 3.29. The minimum absolute atomic E-state index is 1.20. The van der Waals surface area contributed by atoms with Gasteiger partial charge in [0.15, 0.2) is 0 Å². The van der Waals surface area contributed by atoms with E-state index in [4.69, 9.17) is 0 Å². The molecule has 0 bridgehead atoms. The summed E-state index contributed by atoms with van der Waals surface area (Å²) in [6.45, 7) is 2.10. The van der Waals surface area contributed by atoms with Gasteiger partial charge in [0, 0.05) is 18.3 Å². The van der Waals surface area contributed by atoms with Crippen LogP contribution in [-0.4, -0.2) is 7.05 Å². The van der Waals surface area contributed by atoms with Gasteiger partial charge in [-0.1, -0.05) is 42.5 Å². The van der Waals surface area contributed by atoms with E-state index in [2.05, 4.69) is 60.8 Å². The van der Waals surface area contributed by atoms with Gasteiger partial charge in [0.2, 0.25) is 0 Å². The molecule has 0 saturated heterocycles. The summed E-state index contributed by atoms with van der Waals surface area (Å²) in [6, 6.07) is 15.1. The Labute approximate surface area is 102 Å². The van der Waals surface area contributed by atoms with Crippen LogP contribution in [0.25, 0.3) is 16.7 Å². The molecule has 84 valence electrons. The van der Waals surface area contributed by atoms with E-state index in [1.807, 2.05) is 7.05 Å². The van der Waals surface area contributed by atoms with E-state index in [1.165, 1.54) is 33.5 Å². The number of hydrogen-bond acceptors (Lipinski definition) is 1. The number of rotatable bonds is 1. The zero-order chi connectivity index (χ0) is 11.8. The fourth-order valence-electron chi connectivity index (χ4n) is 2.66. The molecule has 0 fully saturated rings. The summed E-state index contributed by atoms with van der Waals surface area (Å²) >= 11 is 0. The Bertz CT molecular complexity index is 609. The quantitative estimate of drug-likeness (QED) is 0.650. The van der Waals surface area contributed by atoms with E-state index < -0.39 is 0 Å². The van der Waals surface area contributed by atoms with E-state index >= 15 is 0 Å². The van der Waals surface area contributed by atoms with Gasteiger partial charge in [0.05, 0.1) is 0 Å². The predicted octanol–water partition coefficient (Wildman–Crippen LogP) is 4.16. The SMILES string of the molecule is C/C=C1/c2ccccc2-c2cccc(NC)c21. The zero-order valence-electron chi connectivity index (χ0n) is 10.1. The fourth-order valence-corrected chi connectivity index (χ4v) is 2.66. The molecule has 0 aromatic heterocycles. The molecular formula is C16H15N. The number of allylic oxidation sites excluding steroid dienone is 1. The molecule has 0 radical (unpaired) electrons. The second kappa shape index (κ2) is 3.77. The first-order valence-electron chi connectivity index (χ1n) is 5.94. The van der Waals surface area contributed by atoms with Crippen molar-refractivity contribution in [3.8, 4) is 11.1 Å². The van der Waals surface area contributed by atoms with Gasteiger partial charge in [-0.25, -0.2) is 0 Å². The van der Waals surface area contributed by atoms with Crippen LogP contribution in [0, 0.1) is 0 Å². The number of benzene rings is 2. The molecule has 0 unspecified atom stereocenters. The van der Waals surface area contributed by atoms with Crippen LogP contribution in [-0.2, 0) is 0 Å². The molecule has 1 aliphatic carbocycles. The molecule has 0 aliphatic heterocycles. The lowest BCUT2D eigenvalue weighted by Crippen LogP contribution is -1.93. The van der Waals surface area contributed by atoms with Gasteiger partial charge in [-0.15, -0.1) is 0 Å². The zero-order valence-corrected chi connectivity index (χ0v) is 10.1. The Hall–Kier alpha value is -2.02. The highest BCUT2D eigenvalue weighted by molar-refractivity contribution is 6.04. The molecule has 0 atom stereocenters. The maximum absolute atomic E-state index is 3.29. The second-order valence-corrected chi connectivity index (χ2v) is 4.23. The highest BCUT2D eigenvalue weighted by Gasteiger charge is 2.24. The summed E-state index contributed by atoms with van der Waals surface area (Å²) in [6.07, 6.45) is 2.20. The predicted molar refractivity (Wildman–Crippen MR) is 74.2 cm³/mol. The largest absolute Gasteiger partial charge is 0.388 e. The Kier molecular flexibility index (Phi) is 2.25. The molecule has 1 heteroatoms. The summed E-state index contributed by atoms with van der Waals surface area (Å²) < 4.78 is 0. The molecule has 0 saturated carbocycles. The van der Waals surface area contributed by atoms with Gasteiger partial charge < -0.3 is 5.32 Å². The average Bonchev–Trinajstić information content (AvgIpc) is 2.72. The first kappa shape index (κ1) is 10.2. The normalized spacial score (nSPS) is 14.6. The monoisotopic (exact) mass is 221 g/mol. The van der Waals surface area contributed by atoms with Crippen molar-refractivity contribution in [3.05, 3.63) is 59.7 Å². The van der Waals surface area contributed by atoms with Crippen LogP contribution >= 0.6 is 0 Å². The Morgan fingerprint density at radius 2 is 1.59 bits per heavy atom. The first-order chi connectivity index (χ1) is 8.36. The third-order valence-electron chi connectivity index (χ3n) is 3.40. The average molecular weight is 221 g/mol. The van der Waals surface area contributed by atoms with Gasteiger partial charge in [0.1, 0.15) is 0 Å². The van der Waals surface area contributed by atoms with Crippen LogP contribution in [0.4, 0.5) is 5.69 Å². The number of anilines is 1. The lowest BCUT2D eigenvalue weighted by atomic mass is 10.0. The van der Waals surface area contributed by atoms with Gasteiger partial charge in [-0.2, -0.15) is 0 Å². The standard InChI is InChI=1S/C16H15N/c1-3-11-12-7-4-5-8-13(12)14-9-6-10-15(17-2)16(11)14/h3-10,17H,1-2H3/b11-3-. The topological polar surface area (TPSA) is 12.0 Å². The van der Waals surface area contributed by atoms with Gasteiger partial charge in [0.25, 0.3) is 0 Å². The van der Waals surface area contributed by atoms with Crippen molar-refractivity contribution >= 4 is 11.3 Å². The maximum atomic E-state index is 3.29. The smallest absolute Gasteiger partial charge is 0.0423 e. The van der Waals surface area contributed by atoms with Gasteiger partial charge >= 0.3 is 0 Å². The molecule has 2 aromatic rings. The van der Waals surface area contributed by atoms with Crippen LogP contribution in [0.3, 0.4) is 0 Å². The van der Waals surface area contributed by atoms with Crippen molar-refractivity contribution in [2.24, 2.45) is 0 Å². The van der Waals surface area contributed by atoms with Crippen LogP contribution in [0.5, 0.6) is 0 Å². The fraction of sp³-hybridized carbons (Fsp3) is 0.125. The molecule has 2 aromatic carbocycles. The molecular weight excluding hydrogens is 206 g/mol. The van der Waals surface area contributed by atoms with E-state index in [1.54, 1.807) is 0 Å². The van der Waals surface area contributed by atoms with Crippen LogP contribution in [0.15, 0.2) is 48.5 Å². The van der Waals surface area contributed by atoms with Crippen LogP contribution in [0.2, 0.25) is 0 Å². The second-order valence-electron chi connectivity index (χ2n) is 4.23. The number of fused-ring (bicyclic) bond motifs is 3. The molecule has 0 heterocycles. The van der Waals surface area contributed by atoms with Crippen molar-refractivity contribution in [2.45, 2.75) is 6.92 Å². The maximum Gasteiger partial charge on any atom is 0.0423 e. The summed E-state index contributed by atoms with van der Waals surface area (Å²) in [7, 11) is 1.98. The molecule has 3 rings (SSSR count). The highest BCUT2D eigenvalue weighted by atomic mass is 14.8. The van der Waals surface area contributed by atoms with E-state index in [0.717, 1.165) is 0 Å². The molecule has 1 aliphatic rings. The van der Waals surface area contributed by atoms with Crippen LogP contribution < -0.4 is 5.32 Å². The molecule has 1 nitrogen and oxygen atoms in total. The van der Waals surface area contributed by atoms with E-state index in [-0.39, 0.29) is 0 Å². The van der Waals surface area contributed by atoms with Crippen molar-refractivity contribution in [2.75, 3.05) is 12.4 Å². The Balaban J connectivity index is 2.39. The minimum atomic E-state index is 1.20. The Morgan fingerprint density at radius 1 is 0.882 bits per heavy atom. The van der Waals surface area contributed by atoms with Crippen molar-refractivity contribution < 1.29 is 0 Å². The molecule has 1 N–H and O–H groups in total. The highest BCUT2D eigenvalue weighted by Crippen LogP contribution is 2.46. The number of nitrogens with one attached hydrogen (secondary N) is 1. The van der Waals surface area contributed by atoms with Gasteiger partial charge in [-0.3, -0.25) is 0 Å². The van der Waals surface area contributed by atoms with Crippen molar-refractivity contribution in [1.29, 1.82) is 0 Å². The lowest BCUT2D eigenvalue weighted by molar-refractivity contribution is 1.49. The first-order valence-corrected chi connectivity index (χ1v) is 5.94. The Morgan fingerprint density at radius 3 is 2.29 bits per heavy atom. The van der Waals surface area contributed by atoms with Gasteiger partial charge in [-0.05, 0) is 35.3 Å². The molecule has 0 spiro atoms.